The summed E-state index contributed by atoms with van der Waals surface area (Å²) >= 11 is 0. The molecule has 0 amide bonds. The molecule has 1 atom stereocenters. The number of anilines is 2. The van der Waals surface area contributed by atoms with E-state index in [1.807, 2.05) is 53.7 Å². The van der Waals surface area contributed by atoms with Crippen LogP contribution in [0.4, 0.5) is 16.0 Å². The Morgan fingerprint density at radius 3 is 2.26 bits per heavy atom. The number of carbonyl (C=O) groups is 3. The third-order valence-electron chi connectivity index (χ3n) is 8.62. The number of pyridine rings is 2. The van der Waals surface area contributed by atoms with Crippen LogP contribution < -0.4 is 10.6 Å². The fraction of sp³-hybridized carbons (Fsp3) is 0.487. The summed E-state index contributed by atoms with van der Waals surface area (Å²) in [6, 6.07) is 12.8. The number of hydrogen-bond donors (Lipinski definition) is 1. The molecule has 50 heavy (non-hydrogen) atoms. The van der Waals surface area contributed by atoms with Crippen LogP contribution >= 0.6 is 0 Å². The normalized spacial score (nSPS) is 13.5. The van der Waals surface area contributed by atoms with Gasteiger partial charge in [-0.05, 0) is 56.0 Å². The van der Waals surface area contributed by atoms with Crippen molar-refractivity contribution in [1.82, 2.24) is 14.9 Å². The summed E-state index contributed by atoms with van der Waals surface area (Å²) in [7, 11) is 5.69. The van der Waals surface area contributed by atoms with Gasteiger partial charge in [0.25, 0.3) is 0 Å². The van der Waals surface area contributed by atoms with E-state index in [2.05, 4.69) is 25.8 Å². The molecule has 3 heterocycles. The van der Waals surface area contributed by atoms with E-state index in [4.69, 9.17) is 23.6 Å². The van der Waals surface area contributed by atoms with E-state index < -0.39 is 5.82 Å². The van der Waals surface area contributed by atoms with Gasteiger partial charge in [-0.15, -0.1) is 0 Å². The first kappa shape index (κ1) is 41.7. The third-order valence-corrected chi connectivity index (χ3v) is 8.62. The molecule has 0 spiro atoms. The van der Waals surface area contributed by atoms with Gasteiger partial charge in [-0.3, -0.25) is 14.5 Å². The summed E-state index contributed by atoms with van der Waals surface area (Å²) in [4.78, 5) is 45.8. The van der Waals surface area contributed by atoms with E-state index in [1.54, 1.807) is 30.5 Å². The second-order valence-electron chi connectivity index (χ2n) is 13.1. The number of nitrogens with two attached hydrogens (primary N) is 1. The fourth-order valence-electron chi connectivity index (χ4n) is 5.29. The molecule has 0 bridgehead atoms. The number of aldehydes is 1. The van der Waals surface area contributed by atoms with Crippen LogP contribution in [-0.4, -0.2) is 66.7 Å². The molecule has 2 aromatic heterocycles. The van der Waals surface area contributed by atoms with Gasteiger partial charge in [-0.25, -0.2) is 14.4 Å². The van der Waals surface area contributed by atoms with Crippen LogP contribution in [0.3, 0.4) is 0 Å². The smallest absolute Gasteiger partial charge is 0.166 e. The molecule has 11 heteroatoms. The summed E-state index contributed by atoms with van der Waals surface area (Å²) in [5.41, 5.74) is 9.48. The average molecular weight is 683 g/mol. The van der Waals surface area contributed by atoms with Crippen LogP contribution in [0.1, 0.15) is 101 Å². The number of nitriles is 1. The van der Waals surface area contributed by atoms with Crippen LogP contribution in [0.2, 0.25) is 5.31 Å². The number of benzene rings is 1. The minimum absolute atomic E-state index is 0.0253. The summed E-state index contributed by atoms with van der Waals surface area (Å²) in [5.74, 6) is 0.983. The predicted octanol–water partition coefficient (Wildman–Crippen LogP) is 7.17. The second kappa shape index (κ2) is 20.3. The standard InChI is InChI=1S/C29H33FN6O.C8H15BO.C2H4O/c1-4-19(3)28(37)23-8-9-24(27(30)22(23)5-2)25-10-7-21(29(32)34-25)18-35-12-14-36(15-13-35)26-11-6-20(16-31)17-33-26;1-4-7(10)5-6-8(2,3)9;1-2-3/h6-11,17,19H,4-5,12-15,18H2,1-3H3,(H2,32,34);4-6H2,1-3H3;2H,1H3. The summed E-state index contributed by atoms with van der Waals surface area (Å²) in [6.45, 7) is 16.9. The highest BCUT2D eigenvalue weighted by Crippen LogP contribution is 2.30. The van der Waals surface area contributed by atoms with Crippen LogP contribution in [-0.2, 0) is 22.6 Å². The van der Waals surface area contributed by atoms with Crippen molar-refractivity contribution in [3.05, 3.63) is 70.7 Å². The zero-order valence-electron chi connectivity index (χ0n) is 30.8. The number of Topliss-reactive ketones (excluding diaryl/α,β-unsaturated/α-hetero) is 2. The lowest BCUT2D eigenvalue weighted by atomic mass is 9.69. The Balaban J connectivity index is 0.000000569. The largest absolute Gasteiger partial charge is 0.383 e. The number of nitrogen functional groups attached to an aromatic ring is 1. The lowest BCUT2D eigenvalue weighted by Gasteiger charge is -2.35. The lowest BCUT2D eigenvalue weighted by molar-refractivity contribution is -0.119. The summed E-state index contributed by atoms with van der Waals surface area (Å²) < 4.78 is 15.5. The molecule has 3 aromatic rings. The van der Waals surface area contributed by atoms with Gasteiger partial charge in [-0.1, -0.05) is 59.0 Å². The molecule has 1 aliphatic rings. The molecule has 1 fully saturated rings. The number of halogens is 1. The van der Waals surface area contributed by atoms with E-state index in [1.165, 1.54) is 6.92 Å². The van der Waals surface area contributed by atoms with Gasteiger partial charge < -0.3 is 15.4 Å². The molecule has 1 aliphatic heterocycles. The molecule has 4 rings (SSSR count). The first-order chi connectivity index (χ1) is 23.7. The number of aromatic nitrogens is 2. The molecule has 1 saturated heterocycles. The minimum Gasteiger partial charge on any atom is -0.383 e. The molecule has 9 nitrogen and oxygen atoms in total. The Labute approximate surface area is 298 Å². The van der Waals surface area contributed by atoms with Gasteiger partial charge >= 0.3 is 0 Å². The summed E-state index contributed by atoms with van der Waals surface area (Å²) in [6.07, 6.45) is 5.54. The number of hydrogen-bond acceptors (Lipinski definition) is 9. The van der Waals surface area contributed by atoms with E-state index >= 15 is 4.39 Å². The molecule has 0 aliphatic carbocycles. The Bertz CT molecular complexity index is 1610. The minimum atomic E-state index is -0.399. The third kappa shape index (κ3) is 12.5. The molecule has 266 valence electrons. The quantitative estimate of drug-likeness (QED) is 0.120. The van der Waals surface area contributed by atoms with Gasteiger partial charge in [0.15, 0.2) is 5.78 Å². The molecule has 2 radical (unpaired) electrons. The van der Waals surface area contributed by atoms with Crippen molar-refractivity contribution in [2.45, 2.75) is 92.4 Å². The molecule has 1 aromatic carbocycles. The Morgan fingerprint density at radius 1 is 1.10 bits per heavy atom. The molecular formula is C39H52BFN6O3. The highest BCUT2D eigenvalue weighted by Gasteiger charge is 2.23. The molecule has 2 N–H and O–H groups in total. The number of piperazine rings is 1. The van der Waals surface area contributed by atoms with E-state index in [9.17, 15) is 9.59 Å². The SMILES string of the molecule is CC=O.CCc1c(C(=O)C(C)CC)ccc(-c2ccc(CN3CCN(c4ccc(C#N)cn4)CC3)c(N)n2)c1F.[B]C(C)(C)CCC(=O)CC. The first-order valence-electron chi connectivity index (χ1n) is 17.4. The van der Waals surface area contributed by atoms with Gasteiger partial charge in [0.2, 0.25) is 0 Å². The van der Waals surface area contributed by atoms with Crippen molar-refractivity contribution in [2.75, 3.05) is 36.8 Å². The molecule has 0 saturated carbocycles. The number of nitrogens with zero attached hydrogens (tertiary/aromatic N) is 5. The monoisotopic (exact) mass is 682 g/mol. The van der Waals surface area contributed by atoms with Crippen LogP contribution in [0.15, 0.2) is 42.6 Å². The maximum absolute atomic E-state index is 15.5. The zero-order chi connectivity index (χ0) is 37.4. The van der Waals surface area contributed by atoms with E-state index in [0.717, 1.165) is 50.3 Å². The Hall–Kier alpha value is -4.43. The van der Waals surface area contributed by atoms with Crippen LogP contribution in [0.5, 0.6) is 0 Å². The highest BCUT2D eigenvalue weighted by atomic mass is 19.1. The van der Waals surface area contributed by atoms with E-state index in [-0.39, 0.29) is 17.0 Å². The van der Waals surface area contributed by atoms with Crippen LogP contribution in [0.25, 0.3) is 11.3 Å². The number of carbonyl (C=O) groups excluding carboxylic acids is 3. The Kier molecular flexibility index (Phi) is 16.9. The van der Waals surface area contributed by atoms with Crippen molar-refractivity contribution < 1.29 is 18.8 Å². The topological polar surface area (TPSA) is 133 Å². The van der Waals surface area contributed by atoms with Crippen LogP contribution in [0, 0.1) is 23.1 Å². The number of rotatable bonds is 12. The van der Waals surface area contributed by atoms with Crippen molar-refractivity contribution in [3.63, 3.8) is 0 Å². The lowest BCUT2D eigenvalue weighted by Crippen LogP contribution is -2.46. The fourth-order valence-corrected chi connectivity index (χ4v) is 5.29. The zero-order valence-corrected chi connectivity index (χ0v) is 30.8. The first-order valence-corrected chi connectivity index (χ1v) is 17.4. The van der Waals surface area contributed by atoms with Crippen molar-refractivity contribution in [1.29, 1.82) is 5.26 Å². The second-order valence-corrected chi connectivity index (χ2v) is 13.1. The van der Waals surface area contributed by atoms with Crippen molar-refractivity contribution in [2.24, 2.45) is 5.92 Å². The van der Waals surface area contributed by atoms with E-state index in [0.29, 0.717) is 71.8 Å². The van der Waals surface area contributed by atoms with Crippen molar-refractivity contribution in [3.8, 4) is 17.3 Å². The Morgan fingerprint density at radius 2 is 1.76 bits per heavy atom. The highest BCUT2D eigenvalue weighted by molar-refractivity contribution is 6.14. The molecular weight excluding hydrogens is 630 g/mol. The van der Waals surface area contributed by atoms with Gasteiger partial charge in [0.1, 0.15) is 35.6 Å². The van der Waals surface area contributed by atoms with Gasteiger partial charge in [0, 0.05) is 74.4 Å². The average Bonchev–Trinajstić information content (AvgIpc) is 3.11. The van der Waals surface area contributed by atoms with Gasteiger partial charge in [-0.2, -0.15) is 5.26 Å². The maximum atomic E-state index is 15.5. The predicted molar refractivity (Wildman–Crippen MR) is 200 cm³/mol. The maximum Gasteiger partial charge on any atom is 0.166 e. The van der Waals surface area contributed by atoms with Gasteiger partial charge in [0.05, 0.1) is 19.1 Å². The van der Waals surface area contributed by atoms with Crippen molar-refractivity contribution >= 4 is 37.3 Å². The summed E-state index contributed by atoms with van der Waals surface area (Å²) in [5, 5.41) is 8.77. The number of ketones is 2. The molecule has 1 unspecified atom stereocenters.